The van der Waals surface area contributed by atoms with Crippen molar-refractivity contribution >= 4 is 5.91 Å². The first kappa shape index (κ1) is 20.5. The molecular weight excluding hydrogens is 409 g/mol. The predicted molar refractivity (Wildman–Crippen MR) is 118 cm³/mol. The summed E-state index contributed by atoms with van der Waals surface area (Å²) >= 11 is 0. The number of fused-ring (bicyclic) bond motifs is 2. The van der Waals surface area contributed by atoms with E-state index in [-0.39, 0.29) is 23.9 Å². The Morgan fingerprint density at radius 1 is 1.16 bits per heavy atom. The van der Waals surface area contributed by atoms with Crippen LogP contribution in [0.25, 0.3) is 11.1 Å². The first-order valence-electron chi connectivity index (χ1n) is 10.6. The van der Waals surface area contributed by atoms with Gasteiger partial charge in [-0.3, -0.25) is 14.7 Å². The van der Waals surface area contributed by atoms with Crippen molar-refractivity contribution in [1.29, 1.82) is 0 Å². The number of aromatic nitrogens is 1. The number of likely N-dealkylation sites (tertiary alicyclic amines) is 1. The minimum absolute atomic E-state index is 0.0679. The fourth-order valence-corrected chi connectivity index (χ4v) is 4.51. The number of hydrogen-bond donors (Lipinski definition) is 0. The Bertz CT molecular complexity index is 1170. The third kappa shape index (κ3) is 3.69. The summed E-state index contributed by atoms with van der Waals surface area (Å²) in [5.41, 5.74) is 3.08. The van der Waals surface area contributed by atoms with Crippen LogP contribution < -0.4 is 9.47 Å². The number of halogens is 1. The lowest BCUT2D eigenvalue weighted by Gasteiger charge is -2.25. The molecule has 1 amide bonds. The van der Waals surface area contributed by atoms with Crippen molar-refractivity contribution in [2.75, 3.05) is 27.2 Å². The van der Waals surface area contributed by atoms with E-state index in [0.29, 0.717) is 36.5 Å². The molecule has 164 valence electrons. The summed E-state index contributed by atoms with van der Waals surface area (Å²) in [6, 6.07) is 15.0. The van der Waals surface area contributed by atoms with Gasteiger partial charge in [0.15, 0.2) is 0 Å². The van der Waals surface area contributed by atoms with Gasteiger partial charge in [-0.05, 0) is 41.5 Å². The van der Waals surface area contributed by atoms with Crippen LogP contribution in [0, 0.1) is 5.82 Å². The molecule has 1 fully saturated rings. The molecule has 0 spiro atoms. The van der Waals surface area contributed by atoms with Crippen LogP contribution in [0.1, 0.15) is 15.9 Å². The zero-order valence-electron chi connectivity index (χ0n) is 18.0. The molecule has 3 heterocycles. The van der Waals surface area contributed by atoms with Gasteiger partial charge in [0.05, 0.1) is 24.9 Å². The van der Waals surface area contributed by atoms with E-state index in [0.717, 1.165) is 16.9 Å². The summed E-state index contributed by atoms with van der Waals surface area (Å²) < 4.78 is 25.8. The smallest absolute Gasteiger partial charge is 0.257 e. The molecule has 6 nitrogen and oxygen atoms in total. The van der Waals surface area contributed by atoms with Gasteiger partial charge in [-0.2, -0.15) is 0 Å². The molecule has 1 aromatic heterocycles. The summed E-state index contributed by atoms with van der Waals surface area (Å²) in [6.07, 6.45) is 2.62. The van der Waals surface area contributed by atoms with Crippen LogP contribution in [0.5, 0.6) is 11.5 Å². The third-order valence-corrected chi connectivity index (χ3v) is 6.27. The maximum Gasteiger partial charge on any atom is 0.257 e. The van der Waals surface area contributed by atoms with Crippen molar-refractivity contribution in [2.45, 2.75) is 18.7 Å². The van der Waals surface area contributed by atoms with Gasteiger partial charge < -0.3 is 14.4 Å². The second kappa shape index (κ2) is 8.24. The van der Waals surface area contributed by atoms with Gasteiger partial charge in [-0.25, -0.2) is 4.39 Å². The summed E-state index contributed by atoms with van der Waals surface area (Å²) in [5.74, 6) is 0.954. The Morgan fingerprint density at radius 3 is 2.81 bits per heavy atom. The Morgan fingerprint density at radius 2 is 2.00 bits per heavy atom. The fourth-order valence-electron chi connectivity index (χ4n) is 4.51. The number of amides is 1. The van der Waals surface area contributed by atoms with Gasteiger partial charge in [-0.15, -0.1) is 0 Å². The molecule has 2 aliphatic rings. The lowest BCUT2D eigenvalue weighted by Crippen LogP contribution is -2.44. The van der Waals surface area contributed by atoms with Crippen LogP contribution in [0.4, 0.5) is 4.39 Å². The third-order valence-electron chi connectivity index (χ3n) is 6.27. The number of nitrogens with zero attached hydrogens (tertiary/aromatic N) is 3. The first-order valence-corrected chi connectivity index (χ1v) is 10.6. The highest BCUT2D eigenvalue weighted by Gasteiger charge is 2.42. The summed E-state index contributed by atoms with van der Waals surface area (Å²) in [4.78, 5) is 20.9. The fraction of sp³-hybridized carbons (Fsp3) is 0.280. The Balaban J connectivity index is 1.43. The lowest BCUT2D eigenvalue weighted by molar-refractivity contribution is 0.0682. The van der Waals surface area contributed by atoms with E-state index in [4.69, 9.17) is 9.47 Å². The van der Waals surface area contributed by atoms with Crippen LogP contribution >= 0.6 is 0 Å². The monoisotopic (exact) mass is 433 g/mol. The topological polar surface area (TPSA) is 54.9 Å². The Kier molecular flexibility index (Phi) is 5.27. The number of carbonyl (C=O) groups excluding carboxylic acids is 1. The van der Waals surface area contributed by atoms with Crippen LogP contribution in [0.2, 0.25) is 0 Å². The molecule has 32 heavy (non-hydrogen) atoms. The quantitative estimate of drug-likeness (QED) is 0.629. The highest BCUT2D eigenvalue weighted by molar-refractivity contribution is 5.98. The molecule has 0 bridgehead atoms. The highest BCUT2D eigenvalue weighted by Crippen LogP contribution is 2.35. The van der Waals surface area contributed by atoms with Crippen molar-refractivity contribution in [3.8, 4) is 22.6 Å². The van der Waals surface area contributed by atoms with E-state index in [1.165, 1.54) is 6.20 Å². The zero-order chi connectivity index (χ0) is 22.2. The van der Waals surface area contributed by atoms with Gasteiger partial charge in [0, 0.05) is 38.4 Å². The molecular formula is C25H24FN3O3. The van der Waals surface area contributed by atoms with Gasteiger partial charge >= 0.3 is 0 Å². The van der Waals surface area contributed by atoms with Crippen molar-refractivity contribution in [2.24, 2.45) is 0 Å². The number of pyridine rings is 1. The summed E-state index contributed by atoms with van der Waals surface area (Å²) in [6.45, 7) is 1.67. The lowest BCUT2D eigenvalue weighted by atomic mass is 10.0. The van der Waals surface area contributed by atoms with E-state index in [1.54, 1.807) is 24.3 Å². The van der Waals surface area contributed by atoms with Crippen molar-refractivity contribution in [3.63, 3.8) is 0 Å². The first-order chi connectivity index (χ1) is 15.5. The van der Waals surface area contributed by atoms with Crippen LogP contribution in [-0.2, 0) is 6.54 Å². The number of likely N-dealkylation sites (N-methyl/N-ethyl adjacent to an activating group) is 1. The maximum atomic E-state index is 14.1. The Hall–Kier alpha value is -3.45. The molecule has 7 heteroatoms. The Labute approximate surface area is 186 Å². The normalized spacial score (nSPS) is 20.3. The minimum Gasteiger partial charge on any atom is -0.497 e. The molecule has 0 radical (unpaired) electrons. The molecule has 5 rings (SSSR count). The van der Waals surface area contributed by atoms with Crippen LogP contribution in [0.15, 0.2) is 60.9 Å². The number of ether oxygens (including phenoxy) is 2. The number of methoxy groups -OCH3 is 1. The van der Waals surface area contributed by atoms with Gasteiger partial charge in [0.25, 0.3) is 5.91 Å². The number of hydrogen-bond acceptors (Lipinski definition) is 5. The average Bonchev–Trinajstić information content (AvgIpc) is 3.18. The van der Waals surface area contributed by atoms with Crippen LogP contribution in [-0.4, -0.2) is 60.1 Å². The van der Waals surface area contributed by atoms with Crippen molar-refractivity contribution in [1.82, 2.24) is 14.8 Å². The van der Waals surface area contributed by atoms with Gasteiger partial charge in [0.2, 0.25) is 0 Å². The molecule has 2 aliphatic heterocycles. The number of benzene rings is 2. The molecule has 0 saturated carbocycles. The molecule has 2 atom stereocenters. The van der Waals surface area contributed by atoms with Gasteiger partial charge in [0.1, 0.15) is 23.4 Å². The largest absolute Gasteiger partial charge is 0.497 e. The van der Waals surface area contributed by atoms with E-state index in [9.17, 15) is 9.18 Å². The van der Waals surface area contributed by atoms with E-state index >= 15 is 0 Å². The highest BCUT2D eigenvalue weighted by atomic mass is 19.1. The second-order valence-electron chi connectivity index (χ2n) is 8.24. The van der Waals surface area contributed by atoms with E-state index in [2.05, 4.69) is 9.88 Å². The number of carbonyl (C=O) groups is 1. The SMILES string of the molecule is COc1cccc(-c2ccc3c(c2)OC2CN(Cc4ccncc4F)CC2N(C)C3=O)c1. The van der Waals surface area contributed by atoms with E-state index in [1.807, 2.05) is 49.5 Å². The zero-order valence-corrected chi connectivity index (χ0v) is 18.0. The van der Waals surface area contributed by atoms with Crippen molar-refractivity contribution < 1.29 is 18.7 Å². The second-order valence-corrected chi connectivity index (χ2v) is 8.24. The molecule has 0 aliphatic carbocycles. The predicted octanol–water partition coefficient (Wildman–Crippen LogP) is 3.61. The molecule has 0 N–H and O–H groups in total. The molecule has 2 unspecified atom stereocenters. The standard InChI is InChI=1S/C25H24FN3O3/c1-28-22-14-29(13-18-8-9-27-12-21(18)26)15-24(22)32-23-11-17(6-7-20(23)25(28)30)16-4-3-5-19(10-16)31-2/h3-12,22,24H,13-15H2,1-2H3. The van der Waals surface area contributed by atoms with Gasteiger partial charge in [-0.1, -0.05) is 18.2 Å². The molecule has 1 saturated heterocycles. The molecule has 2 aromatic carbocycles. The molecule has 3 aromatic rings. The average molecular weight is 433 g/mol. The summed E-state index contributed by atoms with van der Waals surface area (Å²) in [7, 11) is 3.45. The van der Waals surface area contributed by atoms with Crippen molar-refractivity contribution in [3.05, 3.63) is 77.9 Å². The van der Waals surface area contributed by atoms with E-state index < -0.39 is 0 Å². The summed E-state index contributed by atoms with van der Waals surface area (Å²) in [5, 5.41) is 0. The number of rotatable bonds is 4. The maximum absolute atomic E-state index is 14.1. The van der Waals surface area contributed by atoms with Crippen LogP contribution in [0.3, 0.4) is 0 Å². The minimum atomic E-state index is -0.321.